The monoisotopic (exact) mass is 433 g/mol. The first kappa shape index (κ1) is 17.9. The highest BCUT2D eigenvalue weighted by atomic mass is 15.1. The predicted octanol–water partition coefficient (Wildman–Crippen LogP) is 7.89. The van der Waals surface area contributed by atoms with Gasteiger partial charge in [0.15, 0.2) is 0 Å². The van der Waals surface area contributed by atoms with Crippen molar-refractivity contribution in [1.29, 1.82) is 0 Å². The number of fused-ring (bicyclic) bond motifs is 11. The van der Waals surface area contributed by atoms with Gasteiger partial charge in [-0.25, -0.2) is 4.98 Å². The van der Waals surface area contributed by atoms with Gasteiger partial charge in [0.25, 0.3) is 0 Å². The van der Waals surface area contributed by atoms with Crippen molar-refractivity contribution in [1.82, 2.24) is 14.0 Å². The minimum atomic E-state index is 0.994. The first-order chi connectivity index (χ1) is 16.9. The highest BCUT2D eigenvalue weighted by Gasteiger charge is 2.21. The molecule has 3 heterocycles. The molecule has 158 valence electrons. The highest BCUT2D eigenvalue weighted by molar-refractivity contribution is 6.24. The van der Waals surface area contributed by atoms with Crippen LogP contribution in [0.15, 0.2) is 115 Å². The van der Waals surface area contributed by atoms with Gasteiger partial charge < -0.3 is 0 Å². The first-order valence-corrected chi connectivity index (χ1v) is 11.6. The fraction of sp³-hybridized carbons (Fsp3) is 0. The number of rotatable bonds is 1. The van der Waals surface area contributed by atoms with Crippen molar-refractivity contribution in [2.45, 2.75) is 0 Å². The molecule has 8 rings (SSSR count). The van der Waals surface area contributed by atoms with Crippen LogP contribution in [-0.4, -0.2) is 14.0 Å². The lowest BCUT2D eigenvalue weighted by atomic mass is 10.1. The number of hydrogen-bond acceptors (Lipinski definition) is 1. The molecule has 0 aliphatic carbocycles. The van der Waals surface area contributed by atoms with E-state index in [1.165, 1.54) is 43.5 Å². The van der Waals surface area contributed by atoms with Crippen molar-refractivity contribution >= 4 is 60.2 Å². The van der Waals surface area contributed by atoms with E-state index in [9.17, 15) is 0 Å². The smallest absolute Gasteiger partial charge is 0.147 e. The van der Waals surface area contributed by atoms with Crippen molar-refractivity contribution < 1.29 is 0 Å². The maximum atomic E-state index is 5.11. The molecule has 3 nitrogen and oxygen atoms in total. The molecule has 0 N–H and O–H groups in total. The quantitative estimate of drug-likeness (QED) is 0.258. The summed E-state index contributed by atoms with van der Waals surface area (Å²) in [6.07, 6.45) is 0. The number of aromatic nitrogens is 3. The molecule has 0 bridgehead atoms. The Morgan fingerprint density at radius 1 is 0.500 bits per heavy atom. The number of imidazole rings is 1. The zero-order valence-electron chi connectivity index (χ0n) is 18.3. The summed E-state index contributed by atoms with van der Waals surface area (Å²) in [5, 5.41) is 7.38. The zero-order valence-corrected chi connectivity index (χ0v) is 18.3. The van der Waals surface area contributed by atoms with Gasteiger partial charge in [0.1, 0.15) is 11.3 Å². The van der Waals surface area contributed by atoms with Gasteiger partial charge in [0, 0.05) is 21.5 Å². The van der Waals surface area contributed by atoms with Crippen LogP contribution in [0.1, 0.15) is 0 Å². The van der Waals surface area contributed by atoms with Gasteiger partial charge in [-0.3, -0.25) is 8.97 Å². The van der Waals surface area contributed by atoms with Crippen molar-refractivity contribution in [2.24, 2.45) is 0 Å². The summed E-state index contributed by atoms with van der Waals surface area (Å²) < 4.78 is 4.79. The largest absolute Gasteiger partial charge is 0.294 e. The Labute approximate surface area is 195 Å². The van der Waals surface area contributed by atoms with Crippen molar-refractivity contribution in [3.05, 3.63) is 115 Å². The molecule has 0 spiro atoms. The Kier molecular flexibility index (Phi) is 3.39. The van der Waals surface area contributed by atoms with E-state index in [1.807, 2.05) is 0 Å². The van der Waals surface area contributed by atoms with E-state index in [-0.39, 0.29) is 0 Å². The van der Waals surface area contributed by atoms with E-state index >= 15 is 0 Å². The summed E-state index contributed by atoms with van der Waals surface area (Å²) >= 11 is 0. The Hall–Kier alpha value is -4.63. The average Bonchev–Trinajstić information content (AvgIpc) is 3.45. The summed E-state index contributed by atoms with van der Waals surface area (Å²) in [5.41, 5.74) is 6.66. The molecule has 8 aromatic rings. The normalized spacial score (nSPS) is 12.1. The number of benzene rings is 5. The van der Waals surface area contributed by atoms with Gasteiger partial charge in [-0.2, -0.15) is 0 Å². The minimum absolute atomic E-state index is 0.994. The second kappa shape index (κ2) is 6.46. The molecule has 0 saturated carbocycles. The first-order valence-electron chi connectivity index (χ1n) is 11.6. The topological polar surface area (TPSA) is 22.2 Å². The van der Waals surface area contributed by atoms with Crippen LogP contribution in [0.3, 0.4) is 0 Å². The van der Waals surface area contributed by atoms with Crippen LogP contribution in [0.25, 0.3) is 65.8 Å². The minimum Gasteiger partial charge on any atom is -0.294 e. The van der Waals surface area contributed by atoms with Crippen LogP contribution in [0, 0.1) is 0 Å². The molecule has 0 aliphatic rings. The van der Waals surface area contributed by atoms with Crippen LogP contribution >= 0.6 is 0 Å². The molecule has 0 fully saturated rings. The average molecular weight is 434 g/mol. The maximum Gasteiger partial charge on any atom is 0.147 e. The van der Waals surface area contributed by atoms with Crippen LogP contribution in [0.5, 0.6) is 0 Å². The Bertz CT molecular complexity index is 2070. The molecule has 3 aromatic heterocycles. The van der Waals surface area contributed by atoms with E-state index < -0.39 is 0 Å². The zero-order chi connectivity index (χ0) is 22.2. The third kappa shape index (κ3) is 2.18. The molecule has 0 atom stereocenters. The predicted molar refractivity (Wildman–Crippen MR) is 142 cm³/mol. The van der Waals surface area contributed by atoms with Crippen LogP contribution in [0.2, 0.25) is 0 Å². The third-order valence-corrected chi connectivity index (χ3v) is 7.07. The Morgan fingerprint density at radius 3 is 2.03 bits per heavy atom. The molecule has 34 heavy (non-hydrogen) atoms. The number of para-hydroxylation sites is 3. The van der Waals surface area contributed by atoms with Gasteiger partial charge in [-0.1, -0.05) is 91.0 Å². The standard InChI is InChI=1S/C31H19N3/c1-2-12-21-20(10-1)11-9-19-26(21)33-27-17-7-5-15-24(27)29-22-13-3-4-14-23(22)30-32-25-16-6-8-18-28(25)34(30)31(29)33/h1-19H. The summed E-state index contributed by atoms with van der Waals surface area (Å²) in [7, 11) is 0. The molecule has 0 amide bonds. The van der Waals surface area contributed by atoms with Crippen LogP contribution in [-0.2, 0) is 0 Å². The molecule has 0 radical (unpaired) electrons. The Morgan fingerprint density at radius 2 is 1.15 bits per heavy atom. The van der Waals surface area contributed by atoms with Crippen molar-refractivity contribution in [3.63, 3.8) is 0 Å². The summed E-state index contributed by atoms with van der Waals surface area (Å²) in [5.74, 6) is 0. The molecular formula is C31H19N3. The van der Waals surface area contributed by atoms with Crippen molar-refractivity contribution in [2.75, 3.05) is 0 Å². The highest BCUT2D eigenvalue weighted by Crippen LogP contribution is 2.40. The van der Waals surface area contributed by atoms with Gasteiger partial charge >= 0.3 is 0 Å². The maximum absolute atomic E-state index is 5.11. The second-order valence-electron chi connectivity index (χ2n) is 8.85. The summed E-state index contributed by atoms with van der Waals surface area (Å²) in [4.78, 5) is 5.11. The van der Waals surface area contributed by atoms with E-state index in [2.05, 4.69) is 124 Å². The SMILES string of the molecule is c1ccc2c(-n3c4ccccc4c4c5ccccc5c5nc6ccccc6n5c43)cccc2c1. The van der Waals surface area contributed by atoms with Gasteiger partial charge in [-0.15, -0.1) is 0 Å². The van der Waals surface area contributed by atoms with Gasteiger partial charge in [0.05, 0.1) is 22.2 Å². The summed E-state index contributed by atoms with van der Waals surface area (Å²) in [6, 6.07) is 41.1. The third-order valence-electron chi connectivity index (χ3n) is 7.07. The lowest BCUT2D eigenvalue weighted by molar-refractivity contribution is 1.13. The number of hydrogen-bond donors (Lipinski definition) is 0. The van der Waals surface area contributed by atoms with E-state index in [0.717, 1.165) is 22.3 Å². The van der Waals surface area contributed by atoms with Gasteiger partial charge in [0.2, 0.25) is 0 Å². The lowest BCUT2D eigenvalue weighted by Crippen LogP contribution is -2.00. The summed E-state index contributed by atoms with van der Waals surface area (Å²) in [6.45, 7) is 0. The van der Waals surface area contributed by atoms with E-state index in [4.69, 9.17) is 4.98 Å². The molecule has 0 unspecified atom stereocenters. The second-order valence-corrected chi connectivity index (χ2v) is 8.85. The molecule has 0 saturated heterocycles. The van der Waals surface area contributed by atoms with Crippen LogP contribution in [0.4, 0.5) is 0 Å². The fourth-order valence-electron chi connectivity index (χ4n) is 5.67. The fourth-order valence-corrected chi connectivity index (χ4v) is 5.67. The number of nitrogens with zero attached hydrogens (tertiary/aromatic N) is 3. The molecule has 0 aliphatic heterocycles. The lowest BCUT2D eigenvalue weighted by Gasteiger charge is -2.13. The van der Waals surface area contributed by atoms with Crippen molar-refractivity contribution in [3.8, 4) is 5.69 Å². The molecular weight excluding hydrogens is 414 g/mol. The Balaban J connectivity index is 1.76. The molecule has 5 aromatic carbocycles. The van der Waals surface area contributed by atoms with E-state index in [0.29, 0.717) is 0 Å². The van der Waals surface area contributed by atoms with Gasteiger partial charge in [-0.05, 0) is 35.0 Å². The number of pyridine rings is 1. The van der Waals surface area contributed by atoms with Crippen LogP contribution < -0.4 is 0 Å². The molecule has 3 heteroatoms. The van der Waals surface area contributed by atoms with E-state index in [1.54, 1.807) is 0 Å².